The van der Waals surface area contributed by atoms with Gasteiger partial charge in [0.1, 0.15) is 12.1 Å². The molecule has 0 bridgehead atoms. The van der Waals surface area contributed by atoms with E-state index in [2.05, 4.69) is 48.0 Å². The van der Waals surface area contributed by atoms with E-state index in [1.165, 1.54) is 11.9 Å². The van der Waals surface area contributed by atoms with Crippen LogP contribution in [0.15, 0.2) is 70.3 Å². The summed E-state index contributed by atoms with van der Waals surface area (Å²) >= 11 is 3.36. The highest BCUT2D eigenvalue weighted by Crippen LogP contribution is 2.28. The third-order valence-electron chi connectivity index (χ3n) is 5.92. The zero-order valence-electron chi connectivity index (χ0n) is 18.1. The molecule has 0 amide bonds. The van der Waals surface area contributed by atoms with Crippen molar-refractivity contribution in [3.8, 4) is 0 Å². The molecule has 0 spiro atoms. The third-order valence-corrected chi connectivity index (χ3v) is 8.36. The van der Waals surface area contributed by atoms with Gasteiger partial charge in [0.25, 0.3) is 5.78 Å². The van der Waals surface area contributed by atoms with Crippen LogP contribution in [-0.2, 0) is 16.4 Å². The molecular weight excluding hydrogens is 504 g/mol. The molecule has 0 unspecified atom stereocenters. The minimum Gasteiger partial charge on any atom is -0.354 e. The number of hydrogen-bond acceptors (Lipinski definition) is 6. The fourth-order valence-corrected chi connectivity index (χ4v) is 5.88. The van der Waals surface area contributed by atoms with Crippen LogP contribution in [-0.4, -0.2) is 58.5 Å². The number of halogens is 1. The Morgan fingerprint density at radius 2 is 1.67 bits per heavy atom. The molecular formula is C23H23BrN6O2S. The Labute approximate surface area is 201 Å². The fourth-order valence-electron chi connectivity index (χ4n) is 4.20. The normalized spacial score (nSPS) is 15.3. The minimum atomic E-state index is -3.54. The molecule has 33 heavy (non-hydrogen) atoms. The van der Waals surface area contributed by atoms with E-state index in [1.807, 2.05) is 25.1 Å². The molecule has 1 saturated heterocycles. The van der Waals surface area contributed by atoms with Crippen LogP contribution in [0.2, 0.25) is 0 Å². The van der Waals surface area contributed by atoms with Gasteiger partial charge in [-0.1, -0.05) is 46.3 Å². The summed E-state index contributed by atoms with van der Waals surface area (Å²) in [6, 6.07) is 17.0. The molecule has 8 nitrogen and oxygen atoms in total. The SMILES string of the molecule is Cc1nc2ncnn2c(N2CCN(S(=O)(=O)c3ccc(Br)cc3)CC2)c1Cc1ccccc1. The van der Waals surface area contributed by atoms with Crippen LogP contribution >= 0.6 is 15.9 Å². The number of aryl methyl sites for hydroxylation is 1. The summed E-state index contributed by atoms with van der Waals surface area (Å²) in [4.78, 5) is 11.4. The molecule has 2 aromatic carbocycles. The van der Waals surface area contributed by atoms with E-state index in [0.717, 1.165) is 21.5 Å². The largest absolute Gasteiger partial charge is 0.354 e. The van der Waals surface area contributed by atoms with Crippen LogP contribution in [0.3, 0.4) is 0 Å². The topological polar surface area (TPSA) is 83.7 Å². The number of sulfonamides is 1. The van der Waals surface area contributed by atoms with Crippen molar-refractivity contribution in [2.24, 2.45) is 0 Å². The zero-order chi connectivity index (χ0) is 23.0. The lowest BCUT2D eigenvalue weighted by Crippen LogP contribution is -2.49. The number of benzene rings is 2. The number of anilines is 1. The van der Waals surface area contributed by atoms with E-state index in [1.54, 1.807) is 33.1 Å². The first kappa shape index (κ1) is 22.0. The fraction of sp³-hybridized carbons (Fsp3) is 0.261. The van der Waals surface area contributed by atoms with E-state index in [0.29, 0.717) is 43.3 Å². The molecule has 1 aliphatic rings. The van der Waals surface area contributed by atoms with Crippen molar-refractivity contribution in [1.29, 1.82) is 0 Å². The standard InChI is InChI=1S/C23H23BrN6O2S/c1-17-21(15-18-5-3-2-4-6-18)22(30-23(27-17)25-16-26-30)28-11-13-29(14-12-28)33(31,32)20-9-7-19(24)8-10-20/h2-10,16H,11-15H2,1H3. The van der Waals surface area contributed by atoms with Crippen LogP contribution in [0, 0.1) is 6.92 Å². The van der Waals surface area contributed by atoms with Crippen molar-refractivity contribution in [3.05, 3.63) is 82.2 Å². The first-order valence-corrected chi connectivity index (χ1v) is 12.9. The lowest BCUT2D eigenvalue weighted by Gasteiger charge is -2.36. The Morgan fingerprint density at radius 1 is 0.970 bits per heavy atom. The Balaban J connectivity index is 1.45. The van der Waals surface area contributed by atoms with Crippen molar-refractivity contribution in [3.63, 3.8) is 0 Å². The summed E-state index contributed by atoms with van der Waals surface area (Å²) in [5, 5.41) is 4.43. The van der Waals surface area contributed by atoms with Gasteiger partial charge in [-0.15, -0.1) is 0 Å². The van der Waals surface area contributed by atoms with E-state index >= 15 is 0 Å². The van der Waals surface area contributed by atoms with Crippen LogP contribution in [0.25, 0.3) is 5.78 Å². The second kappa shape index (κ2) is 8.85. The first-order chi connectivity index (χ1) is 15.9. The summed E-state index contributed by atoms with van der Waals surface area (Å²) in [5.41, 5.74) is 3.15. The molecule has 2 aromatic heterocycles. The Kier molecular flexibility index (Phi) is 5.90. The molecule has 0 atom stereocenters. The van der Waals surface area contributed by atoms with E-state index in [9.17, 15) is 8.42 Å². The maximum absolute atomic E-state index is 13.1. The highest BCUT2D eigenvalue weighted by molar-refractivity contribution is 9.10. The molecule has 170 valence electrons. The molecule has 4 aromatic rings. The second-order valence-electron chi connectivity index (χ2n) is 7.98. The molecule has 1 aliphatic heterocycles. The molecule has 0 radical (unpaired) electrons. The van der Waals surface area contributed by atoms with Gasteiger partial charge in [0, 0.05) is 48.3 Å². The number of aromatic nitrogens is 4. The van der Waals surface area contributed by atoms with Gasteiger partial charge in [0.05, 0.1) is 4.90 Å². The lowest BCUT2D eigenvalue weighted by atomic mass is 10.0. The molecule has 0 aliphatic carbocycles. The van der Waals surface area contributed by atoms with Crippen molar-refractivity contribution in [2.45, 2.75) is 18.2 Å². The van der Waals surface area contributed by atoms with Gasteiger partial charge in [0.15, 0.2) is 0 Å². The van der Waals surface area contributed by atoms with Gasteiger partial charge in [0.2, 0.25) is 10.0 Å². The maximum Gasteiger partial charge on any atom is 0.254 e. The minimum absolute atomic E-state index is 0.308. The Hall–Kier alpha value is -2.82. The smallest absolute Gasteiger partial charge is 0.254 e. The van der Waals surface area contributed by atoms with E-state index < -0.39 is 10.0 Å². The van der Waals surface area contributed by atoms with Crippen LogP contribution < -0.4 is 4.90 Å². The predicted octanol–water partition coefficient (Wildman–Crippen LogP) is 3.30. The van der Waals surface area contributed by atoms with Crippen molar-refractivity contribution < 1.29 is 8.42 Å². The van der Waals surface area contributed by atoms with Gasteiger partial charge < -0.3 is 4.90 Å². The number of piperazine rings is 1. The monoisotopic (exact) mass is 526 g/mol. The van der Waals surface area contributed by atoms with Crippen LogP contribution in [0.1, 0.15) is 16.8 Å². The van der Waals surface area contributed by atoms with E-state index in [4.69, 9.17) is 0 Å². The molecule has 1 fully saturated rings. The second-order valence-corrected chi connectivity index (χ2v) is 10.8. The predicted molar refractivity (Wildman–Crippen MR) is 130 cm³/mol. The Bertz CT molecular complexity index is 1380. The highest BCUT2D eigenvalue weighted by atomic mass is 79.9. The first-order valence-electron chi connectivity index (χ1n) is 10.7. The van der Waals surface area contributed by atoms with Crippen LogP contribution in [0.4, 0.5) is 5.82 Å². The van der Waals surface area contributed by atoms with Crippen molar-refractivity contribution in [1.82, 2.24) is 23.9 Å². The van der Waals surface area contributed by atoms with E-state index in [-0.39, 0.29) is 0 Å². The Morgan fingerprint density at radius 3 is 2.36 bits per heavy atom. The quantitative estimate of drug-likeness (QED) is 0.396. The maximum atomic E-state index is 13.1. The molecule has 0 saturated carbocycles. The summed E-state index contributed by atoms with van der Waals surface area (Å²) in [6.07, 6.45) is 2.22. The summed E-state index contributed by atoms with van der Waals surface area (Å²) in [5.74, 6) is 1.48. The molecule has 10 heteroatoms. The van der Waals surface area contributed by atoms with Gasteiger partial charge in [-0.3, -0.25) is 0 Å². The molecule has 0 N–H and O–H groups in total. The lowest BCUT2D eigenvalue weighted by molar-refractivity contribution is 0.382. The summed E-state index contributed by atoms with van der Waals surface area (Å²) in [6.45, 7) is 3.87. The van der Waals surface area contributed by atoms with Gasteiger partial charge in [-0.2, -0.15) is 18.9 Å². The number of rotatable bonds is 5. The van der Waals surface area contributed by atoms with Crippen LogP contribution in [0.5, 0.6) is 0 Å². The number of nitrogens with zero attached hydrogens (tertiary/aromatic N) is 6. The van der Waals surface area contributed by atoms with Gasteiger partial charge in [-0.05, 0) is 36.8 Å². The highest BCUT2D eigenvalue weighted by Gasteiger charge is 2.31. The average Bonchev–Trinajstić information content (AvgIpc) is 3.28. The number of hydrogen-bond donors (Lipinski definition) is 0. The average molecular weight is 527 g/mol. The molecule has 3 heterocycles. The van der Waals surface area contributed by atoms with Crippen molar-refractivity contribution >= 4 is 37.5 Å². The van der Waals surface area contributed by atoms with Gasteiger partial charge in [-0.25, -0.2) is 13.4 Å². The summed E-state index contributed by atoms with van der Waals surface area (Å²) < 4.78 is 30.4. The molecule has 5 rings (SSSR count). The number of fused-ring (bicyclic) bond motifs is 1. The third kappa shape index (κ3) is 4.25. The summed E-state index contributed by atoms with van der Waals surface area (Å²) in [7, 11) is -3.54. The van der Waals surface area contributed by atoms with Crippen molar-refractivity contribution in [2.75, 3.05) is 31.1 Å². The zero-order valence-corrected chi connectivity index (χ0v) is 20.5. The van der Waals surface area contributed by atoms with Gasteiger partial charge >= 0.3 is 0 Å².